The molecule has 0 spiro atoms. The molecule has 1 N–H and O–H groups in total. The van der Waals surface area contributed by atoms with Gasteiger partial charge in [-0.3, -0.25) is 4.98 Å². The van der Waals surface area contributed by atoms with E-state index >= 15 is 0 Å². The van der Waals surface area contributed by atoms with E-state index in [1.54, 1.807) is 18.5 Å². The van der Waals surface area contributed by atoms with E-state index < -0.39 is 10.0 Å². The van der Waals surface area contributed by atoms with Crippen molar-refractivity contribution in [2.75, 3.05) is 7.11 Å². The predicted octanol–water partition coefficient (Wildman–Crippen LogP) is 3.35. The van der Waals surface area contributed by atoms with E-state index in [0.717, 1.165) is 10.6 Å². The molecule has 9 heteroatoms. The van der Waals surface area contributed by atoms with E-state index in [1.165, 1.54) is 30.6 Å². The van der Waals surface area contributed by atoms with Crippen LogP contribution in [-0.4, -0.2) is 25.5 Å². The van der Waals surface area contributed by atoms with Crippen LogP contribution in [0, 0.1) is 0 Å². The molecule has 0 saturated heterocycles. The molecule has 2 aromatic heterocycles. The van der Waals surface area contributed by atoms with Crippen molar-refractivity contribution < 1.29 is 13.2 Å². The van der Waals surface area contributed by atoms with Gasteiger partial charge in [0.2, 0.25) is 10.0 Å². The fourth-order valence-corrected chi connectivity index (χ4v) is 4.38. The molecule has 130 valence electrons. The number of sulfonamides is 1. The number of ether oxygens (including phenoxy) is 1. The maximum atomic E-state index is 12.5. The van der Waals surface area contributed by atoms with Crippen molar-refractivity contribution in [2.24, 2.45) is 0 Å². The number of pyridine rings is 1. The number of hydrogen-bond donors (Lipinski definition) is 1. The van der Waals surface area contributed by atoms with Gasteiger partial charge in [-0.25, -0.2) is 18.1 Å². The van der Waals surface area contributed by atoms with Gasteiger partial charge in [0.15, 0.2) is 0 Å². The first kappa shape index (κ1) is 17.8. The van der Waals surface area contributed by atoms with Gasteiger partial charge < -0.3 is 4.74 Å². The fraction of sp³-hybridized carbons (Fsp3) is 0.125. The number of methoxy groups -OCH3 is 1. The van der Waals surface area contributed by atoms with Crippen LogP contribution in [0.25, 0.3) is 10.6 Å². The topological polar surface area (TPSA) is 81.2 Å². The molecule has 0 amide bonds. The van der Waals surface area contributed by atoms with Gasteiger partial charge in [0.25, 0.3) is 0 Å². The average molecular weight is 396 g/mol. The number of benzene rings is 1. The highest BCUT2D eigenvalue weighted by molar-refractivity contribution is 7.89. The third-order valence-corrected chi connectivity index (χ3v) is 5.94. The summed E-state index contributed by atoms with van der Waals surface area (Å²) in [5.41, 5.74) is 1.56. The van der Waals surface area contributed by atoms with Gasteiger partial charge in [0, 0.05) is 28.4 Å². The highest BCUT2D eigenvalue weighted by Crippen LogP contribution is 2.27. The molecule has 3 rings (SSSR count). The zero-order valence-electron chi connectivity index (χ0n) is 13.1. The number of thiazole rings is 1. The predicted molar refractivity (Wildman–Crippen MR) is 97.4 cm³/mol. The molecule has 25 heavy (non-hydrogen) atoms. The Bertz CT molecular complexity index is 975. The van der Waals surface area contributed by atoms with E-state index in [1.807, 2.05) is 17.5 Å². The van der Waals surface area contributed by atoms with Crippen molar-refractivity contribution >= 4 is 33.0 Å². The Morgan fingerprint density at radius 2 is 2.00 bits per heavy atom. The molecule has 0 saturated carbocycles. The summed E-state index contributed by atoms with van der Waals surface area (Å²) in [6.45, 7) is 0.0690. The van der Waals surface area contributed by atoms with Crippen molar-refractivity contribution in [2.45, 2.75) is 11.4 Å². The van der Waals surface area contributed by atoms with Crippen LogP contribution in [0.3, 0.4) is 0 Å². The molecule has 0 aliphatic carbocycles. The third-order valence-electron chi connectivity index (χ3n) is 3.34. The Balaban J connectivity index is 1.77. The maximum absolute atomic E-state index is 12.5. The lowest BCUT2D eigenvalue weighted by atomic mass is 10.3. The van der Waals surface area contributed by atoms with Gasteiger partial charge in [-0.05, 0) is 30.3 Å². The van der Waals surface area contributed by atoms with Crippen LogP contribution in [0.15, 0.2) is 53.0 Å². The monoisotopic (exact) mass is 395 g/mol. The summed E-state index contributed by atoms with van der Waals surface area (Å²) in [6.07, 6.45) is 3.37. The second kappa shape index (κ2) is 7.49. The van der Waals surface area contributed by atoms with Crippen LogP contribution in [0.5, 0.6) is 5.75 Å². The van der Waals surface area contributed by atoms with Gasteiger partial charge in [0.1, 0.15) is 15.7 Å². The summed E-state index contributed by atoms with van der Waals surface area (Å²) in [5.74, 6) is 0.229. The van der Waals surface area contributed by atoms with E-state index in [9.17, 15) is 8.42 Å². The molecular formula is C16H14ClN3O3S2. The van der Waals surface area contributed by atoms with Crippen LogP contribution in [0.2, 0.25) is 5.02 Å². The first-order chi connectivity index (χ1) is 12.0. The number of nitrogens with zero attached hydrogens (tertiary/aromatic N) is 2. The van der Waals surface area contributed by atoms with Crippen molar-refractivity contribution in [3.8, 4) is 16.3 Å². The molecular weight excluding hydrogens is 382 g/mol. The molecule has 0 radical (unpaired) electrons. The van der Waals surface area contributed by atoms with Crippen molar-refractivity contribution in [1.29, 1.82) is 0 Å². The van der Waals surface area contributed by atoms with Crippen molar-refractivity contribution in [1.82, 2.24) is 14.7 Å². The van der Waals surface area contributed by atoms with Gasteiger partial charge in [-0.15, -0.1) is 11.3 Å². The average Bonchev–Trinajstić information content (AvgIpc) is 3.10. The van der Waals surface area contributed by atoms with Gasteiger partial charge in [-0.1, -0.05) is 11.6 Å². The number of halogens is 1. The zero-order chi connectivity index (χ0) is 17.9. The van der Waals surface area contributed by atoms with Crippen molar-refractivity contribution in [3.05, 3.63) is 58.8 Å². The van der Waals surface area contributed by atoms with Crippen LogP contribution in [0.4, 0.5) is 0 Å². The molecule has 2 heterocycles. The van der Waals surface area contributed by atoms with Crippen molar-refractivity contribution in [3.63, 3.8) is 0 Å². The quantitative estimate of drug-likeness (QED) is 0.692. The van der Waals surface area contributed by atoms with Crippen LogP contribution in [-0.2, 0) is 16.6 Å². The minimum Gasteiger partial charge on any atom is -0.495 e. The first-order valence-electron chi connectivity index (χ1n) is 7.17. The van der Waals surface area contributed by atoms with Crippen LogP contribution in [0.1, 0.15) is 5.69 Å². The molecule has 6 nitrogen and oxygen atoms in total. The standard InChI is InChI=1S/C16H14ClN3O3S2/c1-23-14-3-2-12(17)8-15(14)25(21,22)19-9-13-10-24-16(20-13)11-4-6-18-7-5-11/h2-8,10,19H,9H2,1H3. The SMILES string of the molecule is COc1ccc(Cl)cc1S(=O)(=O)NCc1csc(-c2ccncc2)n1. The molecule has 0 aliphatic rings. The molecule has 3 aromatic rings. The third kappa shape index (κ3) is 4.16. The molecule has 0 atom stereocenters. The first-order valence-corrected chi connectivity index (χ1v) is 9.91. The van der Waals surface area contributed by atoms with E-state index in [-0.39, 0.29) is 17.2 Å². The Morgan fingerprint density at radius 1 is 1.24 bits per heavy atom. The summed E-state index contributed by atoms with van der Waals surface area (Å²) in [4.78, 5) is 8.40. The second-order valence-electron chi connectivity index (χ2n) is 5.00. The Kier molecular flexibility index (Phi) is 5.33. The minimum absolute atomic E-state index is 0.00733. The molecule has 0 aliphatic heterocycles. The zero-order valence-corrected chi connectivity index (χ0v) is 15.5. The van der Waals surface area contributed by atoms with E-state index in [4.69, 9.17) is 16.3 Å². The number of aromatic nitrogens is 2. The molecule has 0 unspecified atom stereocenters. The maximum Gasteiger partial charge on any atom is 0.244 e. The lowest BCUT2D eigenvalue weighted by Gasteiger charge is -2.10. The Morgan fingerprint density at radius 3 is 2.72 bits per heavy atom. The Labute approximate surface area is 154 Å². The summed E-state index contributed by atoms with van der Waals surface area (Å²) in [7, 11) is -2.38. The van der Waals surface area contributed by atoms with Gasteiger partial charge >= 0.3 is 0 Å². The largest absolute Gasteiger partial charge is 0.495 e. The smallest absolute Gasteiger partial charge is 0.244 e. The number of hydrogen-bond acceptors (Lipinski definition) is 6. The fourth-order valence-electron chi connectivity index (χ4n) is 2.12. The van der Waals surface area contributed by atoms with Crippen LogP contribution >= 0.6 is 22.9 Å². The van der Waals surface area contributed by atoms with Gasteiger partial charge in [0.05, 0.1) is 19.3 Å². The summed E-state index contributed by atoms with van der Waals surface area (Å²) in [6, 6.07) is 8.14. The Hall–Kier alpha value is -2.00. The summed E-state index contributed by atoms with van der Waals surface area (Å²) >= 11 is 7.34. The lowest BCUT2D eigenvalue weighted by molar-refractivity contribution is 0.402. The minimum atomic E-state index is -3.78. The highest BCUT2D eigenvalue weighted by Gasteiger charge is 2.20. The molecule has 0 fully saturated rings. The van der Waals surface area contributed by atoms with E-state index in [0.29, 0.717) is 10.7 Å². The van der Waals surface area contributed by atoms with Crippen LogP contribution < -0.4 is 9.46 Å². The van der Waals surface area contributed by atoms with Gasteiger partial charge in [-0.2, -0.15) is 0 Å². The normalized spacial score (nSPS) is 11.4. The number of rotatable bonds is 6. The summed E-state index contributed by atoms with van der Waals surface area (Å²) < 4.78 is 32.7. The highest BCUT2D eigenvalue weighted by atomic mass is 35.5. The van der Waals surface area contributed by atoms with E-state index in [2.05, 4.69) is 14.7 Å². The molecule has 0 bridgehead atoms. The summed E-state index contributed by atoms with van der Waals surface area (Å²) in [5, 5.41) is 2.93. The number of nitrogens with one attached hydrogen (secondary N) is 1. The second-order valence-corrected chi connectivity index (χ2v) is 8.03. The molecule has 1 aromatic carbocycles. The lowest BCUT2D eigenvalue weighted by Crippen LogP contribution is -2.24.